The Kier molecular flexibility index (Phi) is 4.33. The molecule has 2 N–H and O–H groups in total. The minimum atomic E-state index is -4.35. The van der Waals surface area contributed by atoms with E-state index in [0.717, 1.165) is 0 Å². The summed E-state index contributed by atoms with van der Waals surface area (Å²) in [5, 5.41) is 0. The Morgan fingerprint density at radius 1 is 1.62 bits per heavy atom. The fourth-order valence-electron chi connectivity index (χ4n) is 0.614. The summed E-state index contributed by atoms with van der Waals surface area (Å²) < 4.78 is 15.2. The summed E-state index contributed by atoms with van der Waals surface area (Å²) in [5.74, 6) is -2.15. The first-order valence-corrected chi connectivity index (χ1v) is 5.39. The van der Waals surface area contributed by atoms with E-state index >= 15 is 0 Å². The van der Waals surface area contributed by atoms with Crippen LogP contribution in [0, 0.1) is 0 Å². The van der Waals surface area contributed by atoms with Gasteiger partial charge in [-0.1, -0.05) is 13.5 Å². The average molecular weight is 208 g/mol. The fourth-order valence-corrected chi connectivity index (χ4v) is 1.32. The Morgan fingerprint density at radius 3 is 2.31 bits per heavy atom. The van der Waals surface area contributed by atoms with Gasteiger partial charge in [0.1, 0.15) is 0 Å². The van der Waals surface area contributed by atoms with Gasteiger partial charge in [-0.3, -0.25) is 4.57 Å². The van der Waals surface area contributed by atoms with Gasteiger partial charge in [-0.05, 0) is 13.3 Å². The third-order valence-electron chi connectivity index (χ3n) is 1.32. The van der Waals surface area contributed by atoms with E-state index < -0.39 is 19.4 Å². The minimum absolute atomic E-state index is 0.0727. The van der Waals surface area contributed by atoms with Crippen molar-refractivity contribution in [2.24, 2.45) is 0 Å². The molecule has 0 fully saturated rings. The van der Waals surface area contributed by atoms with Crippen LogP contribution in [0.2, 0.25) is 0 Å². The van der Waals surface area contributed by atoms with E-state index in [1.165, 1.54) is 13.8 Å². The molecule has 0 aromatic heterocycles. The molecule has 0 aromatic carbocycles. The predicted molar refractivity (Wildman–Crippen MR) is 47.0 cm³/mol. The second-order valence-electron chi connectivity index (χ2n) is 2.64. The van der Waals surface area contributed by atoms with Crippen molar-refractivity contribution in [2.75, 3.05) is 0 Å². The standard InChI is InChI=1S/C7H13O5P/c1-4-6(13(9,10)11)12-7(8)5(2)3/h6H,2,4H2,1,3H3,(H2,9,10,11). The van der Waals surface area contributed by atoms with Crippen LogP contribution >= 0.6 is 7.60 Å². The Hall–Kier alpha value is -0.640. The Labute approximate surface area is 76.6 Å². The predicted octanol–water partition coefficient (Wildman–Crippen LogP) is 1.02. The Morgan fingerprint density at radius 2 is 2.08 bits per heavy atom. The second-order valence-corrected chi connectivity index (χ2v) is 4.39. The van der Waals surface area contributed by atoms with Gasteiger partial charge in [-0.15, -0.1) is 0 Å². The van der Waals surface area contributed by atoms with Crippen LogP contribution in [0.5, 0.6) is 0 Å². The molecule has 0 bridgehead atoms. The molecule has 0 heterocycles. The molecule has 1 unspecified atom stereocenters. The lowest BCUT2D eigenvalue weighted by molar-refractivity contribution is -0.141. The summed E-state index contributed by atoms with van der Waals surface area (Å²) in [4.78, 5) is 28.3. The Balaban J connectivity index is 4.40. The highest BCUT2D eigenvalue weighted by Crippen LogP contribution is 2.43. The van der Waals surface area contributed by atoms with Crippen LogP contribution < -0.4 is 0 Å². The first-order valence-electron chi connectivity index (χ1n) is 3.70. The second kappa shape index (κ2) is 4.56. The van der Waals surface area contributed by atoms with Crippen molar-refractivity contribution in [3.8, 4) is 0 Å². The van der Waals surface area contributed by atoms with E-state index in [1.54, 1.807) is 0 Å². The number of hydrogen-bond acceptors (Lipinski definition) is 3. The summed E-state index contributed by atoms with van der Waals surface area (Å²) in [5.41, 5.74) is 0.117. The van der Waals surface area contributed by atoms with Crippen LogP contribution in [0.3, 0.4) is 0 Å². The fraction of sp³-hybridized carbons (Fsp3) is 0.571. The number of ether oxygens (including phenoxy) is 1. The monoisotopic (exact) mass is 208 g/mol. The molecule has 0 amide bonds. The molecule has 0 aliphatic heterocycles. The van der Waals surface area contributed by atoms with Crippen molar-refractivity contribution in [1.82, 2.24) is 0 Å². The quantitative estimate of drug-likeness (QED) is 0.409. The lowest BCUT2D eigenvalue weighted by Gasteiger charge is -2.16. The molecular formula is C7H13O5P. The number of carbonyl (C=O) groups is 1. The van der Waals surface area contributed by atoms with Gasteiger partial charge in [0.15, 0.2) is 0 Å². The van der Waals surface area contributed by atoms with Gasteiger partial charge in [0.05, 0.1) is 0 Å². The first-order chi connectivity index (χ1) is 5.79. The van der Waals surface area contributed by atoms with Crippen LogP contribution in [0.1, 0.15) is 20.3 Å². The average Bonchev–Trinajstić information content (AvgIpc) is 1.96. The summed E-state index contributed by atoms with van der Waals surface area (Å²) in [6.07, 6.45) is 0.0727. The highest BCUT2D eigenvalue weighted by Gasteiger charge is 2.30. The number of carbonyl (C=O) groups excluding carboxylic acids is 1. The zero-order valence-electron chi connectivity index (χ0n) is 7.56. The van der Waals surface area contributed by atoms with E-state index in [0.29, 0.717) is 0 Å². The summed E-state index contributed by atoms with van der Waals surface area (Å²) in [6, 6.07) is 0. The normalized spacial score (nSPS) is 13.5. The van der Waals surface area contributed by atoms with Gasteiger partial charge >= 0.3 is 13.6 Å². The van der Waals surface area contributed by atoms with Crippen molar-refractivity contribution in [2.45, 2.75) is 26.1 Å². The molecule has 1 atom stereocenters. The maximum absolute atomic E-state index is 10.9. The molecule has 76 valence electrons. The first kappa shape index (κ1) is 12.4. The highest BCUT2D eigenvalue weighted by atomic mass is 31.2. The summed E-state index contributed by atoms with van der Waals surface area (Å²) in [7, 11) is -4.35. The van der Waals surface area contributed by atoms with E-state index in [-0.39, 0.29) is 12.0 Å². The van der Waals surface area contributed by atoms with Gasteiger partial charge in [-0.2, -0.15) is 0 Å². The zero-order valence-corrected chi connectivity index (χ0v) is 8.45. The van der Waals surface area contributed by atoms with Gasteiger partial charge in [0.2, 0.25) is 5.85 Å². The smallest absolute Gasteiger partial charge is 0.365 e. The molecule has 5 nitrogen and oxygen atoms in total. The van der Waals surface area contributed by atoms with E-state index in [9.17, 15) is 9.36 Å². The lowest BCUT2D eigenvalue weighted by Crippen LogP contribution is -2.17. The topological polar surface area (TPSA) is 83.8 Å². The van der Waals surface area contributed by atoms with Gasteiger partial charge in [0, 0.05) is 5.57 Å². The zero-order chi connectivity index (χ0) is 10.6. The molecule has 0 aliphatic rings. The molecule has 0 rings (SSSR count). The Bertz CT molecular complexity index is 254. The van der Waals surface area contributed by atoms with Crippen molar-refractivity contribution in [1.29, 1.82) is 0 Å². The summed E-state index contributed by atoms with van der Waals surface area (Å²) >= 11 is 0. The van der Waals surface area contributed by atoms with E-state index in [4.69, 9.17) is 9.79 Å². The third kappa shape index (κ3) is 4.22. The van der Waals surface area contributed by atoms with Crippen molar-refractivity contribution in [3.63, 3.8) is 0 Å². The van der Waals surface area contributed by atoms with E-state index in [1.807, 2.05) is 0 Å². The third-order valence-corrected chi connectivity index (χ3v) is 2.54. The summed E-state index contributed by atoms with van der Waals surface area (Å²) in [6.45, 7) is 6.23. The van der Waals surface area contributed by atoms with Crippen LogP contribution in [0.25, 0.3) is 0 Å². The molecule has 0 spiro atoms. The largest absolute Gasteiger partial charge is 0.446 e. The molecule has 13 heavy (non-hydrogen) atoms. The van der Waals surface area contributed by atoms with Crippen LogP contribution in [-0.2, 0) is 14.1 Å². The molecular weight excluding hydrogens is 195 g/mol. The molecule has 0 saturated heterocycles. The van der Waals surface area contributed by atoms with Crippen LogP contribution in [0.15, 0.2) is 12.2 Å². The number of esters is 1. The molecule has 0 saturated carbocycles. The maximum atomic E-state index is 10.9. The van der Waals surface area contributed by atoms with Crippen LogP contribution in [0.4, 0.5) is 0 Å². The molecule has 0 aromatic rings. The van der Waals surface area contributed by atoms with Crippen LogP contribution in [-0.4, -0.2) is 21.6 Å². The van der Waals surface area contributed by atoms with Crippen molar-refractivity contribution in [3.05, 3.63) is 12.2 Å². The van der Waals surface area contributed by atoms with Crippen molar-refractivity contribution >= 4 is 13.6 Å². The van der Waals surface area contributed by atoms with Gasteiger partial charge < -0.3 is 14.5 Å². The SMILES string of the molecule is C=C(C)C(=O)OC(CC)P(=O)(O)O. The molecule has 0 radical (unpaired) electrons. The molecule has 0 aliphatic carbocycles. The minimum Gasteiger partial charge on any atom is -0.446 e. The van der Waals surface area contributed by atoms with Crippen molar-refractivity contribution < 1.29 is 23.9 Å². The highest BCUT2D eigenvalue weighted by molar-refractivity contribution is 7.52. The number of hydrogen-bond donors (Lipinski definition) is 2. The lowest BCUT2D eigenvalue weighted by atomic mass is 10.4. The molecule has 6 heteroatoms. The number of rotatable bonds is 4. The van der Waals surface area contributed by atoms with Gasteiger partial charge in [-0.25, -0.2) is 4.79 Å². The van der Waals surface area contributed by atoms with Gasteiger partial charge in [0.25, 0.3) is 0 Å². The maximum Gasteiger partial charge on any atom is 0.365 e. The van der Waals surface area contributed by atoms with E-state index in [2.05, 4.69) is 11.3 Å².